The van der Waals surface area contributed by atoms with Crippen LogP contribution in [0, 0.1) is 5.92 Å². The lowest BCUT2D eigenvalue weighted by Gasteiger charge is -2.10. The van der Waals surface area contributed by atoms with Crippen molar-refractivity contribution in [1.29, 1.82) is 0 Å². The quantitative estimate of drug-likeness (QED) is 0.537. The molecule has 0 heterocycles. The lowest BCUT2D eigenvalue weighted by atomic mass is 10.2. The Morgan fingerprint density at radius 3 is 2.25 bits per heavy atom. The van der Waals surface area contributed by atoms with Gasteiger partial charge >= 0.3 is 6.03 Å². The second kappa shape index (κ2) is 9.23. The Morgan fingerprint density at radius 1 is 0.893 bits per heavy atom. The zero-order valence-electron chi connectivity index (χ0n) is 15.1. The molecule has 0 unspecified atom stereocenters. The van der Waals surface area contributed by atoms with Gasteiger partial charge in [-0.05, 0) is 49.2 Å². The molecule has 28 heavy (non-hydrogen) atoms. The van der Waals surface area contributed by atoms with Crippen LogP contribution in [0.25, 0.3) is 0 Å². The Bertz CT molecular complexity index is 866. The summed E-state index contributed by atoms with van der Waals surface area (Å²) < 4.78 is 0. The molecule has 1 fully saturated rings. The molecule has 8 heteroatoms. The third kappa shape index (κ3) is 5.72. The third-order valence-electron chi connectivity index (χ3n) is 4.18. The molecule has 3 rings (SSSR count). The summed E-state index contributed by atoms with van der Waals surface area (Å²) in [5.74, 6) is -0.0997. The SMILES string of the molecule is O=C(NCCNC(=O)c1ccc(NC(=O)C2CC2)cc1)Nc1ccccc1Cl. The van der Waals surface area contributed by atoms with Crippen LogP contribution in [-0.4, -0.2) is 30.9 Å². The molecule has 1 saturated carbocycles. The molecule has 0 atom stereocenters. The Kier molecular flexibility index (Phi) is 6.49. The molecular formula is C20H21ClN4O3. The van der Waals surface area contributed by atoms with E-state index >= 15 is 0 Å². The number of carbonyl (C=O) groups is 3. The Morgan fingerprint density at radius 2 is 1.57 bits per heavy atom. The normalized spacial score (nSPS) is 12.8. The standard InChI is InChI=1S/C20H21ClN4O3/c21-16-3-1-2-4-17(16)25-20(28)23-12-11-22-18(26)13-7-9-15(10-8-13)24-19(27)14-5-6-14/h1-4,7-10,14H,5-6,11-12H2,(H,22,26)(H,24,27)(H2,23,25,28). The van der Waals surface area contributed by atoms with Crippen LogP contribution >= 0.6 is 11.6 Å². The molecule has 1 aliphatic rings. The first-order valence-corrected chi connectivity index (χ1v) is 9.39. The van der Waals surface area contributed by atoms with E-state index in [1.54, 1.807) is 48.5 Å². The molecule has 4 amide bonds. The van der Waals surface area contributed by atoms with E-state index < -0.39 is 6.03 Å². The van der Waals surface area contributed by atoms with E-state index in [4.69, 9.17) is 11.6 Å². The fourth-order valence-electron chi connectivity index (χ4n) is 2.48. The van der Waals surface area contributed by atoms with Gasteiger partial charge in [0.25, 0.3) is 5.91 Å². The van der Waals surface area contributed by atoms with E-state index in [0.717, 1.165) is 12.8 Å². The number of hydrogen-bond acceptors (Lipinski definition) is 3. The fraction of sp³-hybridized carbons (Fsp3) is 0.250. The highest BCUT2D eigenvalue weighted by Crippen LogP contribution is 2.30. The van der Waals surface area contributed by atoms with Crippen molar-refractivity contribution >= 4 is 40.8 Å². The Labute approximate surface area is 167 Å². The van der Waals surface area contributed by atoms with Gasteiger partial charge in [-0.25, -0.2) is 4.79 Å². The predicted molar refractivity (Wildman–Crippen MR) is 109 cm³/mol. The maximum absolute atomic E-state index is 12.1. The van der Waals surface area contributed by atoms with Gasteiger partial charge in [0.1, 0.15) is 0 Å². The van der Waals surface area contributed by atoms with E-state index in [9.17, 15) is 14.4 Å². The lowest BCUT2D eigenvalue weighted by molar-refractivity contribution is -0.117. The van der Waals surface area contributed by atoms with E-state index in [1.165, 1.54) is 0 Å². The van der Waals surface area contributed by atoms with Crippen molar-refractivity contribution < 1.29 is 14.4 Å². The molecule has 0 bridgehead atoms. The van der Waals surface area contributed by atoms with Crippen LogP contribution in [0.3, 0.4) is 0 Å². The third-order valence-corrected chi connectivity index (χ3v) is 4.51. The number of benzene rings is 2. The summed E-state index contributed by atoms with van der Waals surface area (Å²) in [7, 11) is 0. The van der Waals surface area contributed by atoms with Gasteiger partial charge in [-0.15, -0.1) is 0 Å². The second-order valence-electron chi connectivity index (χ2n) is 6.46. The number of hydrogen-bond donors (Lipinski definition) is 4. The highest BCUT2D eigenvalue weighted by atomic mass is 35.5. The molecule has 1 aliphatic carbocycles. The van der Waals surface area contributed by atoms with Crippen molar-refractivity contribution in [3.8, 4) is 0 Å². The smallest absolute Gasteiger partial charge is 0.319 e. The molecule has 2 aromatic carbocycles. The second-order valence-corrected chi connectivity index (χ2v) is 6.86. The minimum absolute atomic E-state index is 0.0262. The number of anilines is 2. The summed E-state index contributed by atoms with van der Waals surface area (Å²) in [5.41, 5.74) is 1.66. The summed E-state index contributed by atoms with van der Waals surface area (Å²) in [6, 6.07) is 13.2. The fourth-order valence-corrected chi connectivity index (χ4v) is 2.66. The van der Waals surface area contributed by atoms with E-state index in [1.807, 2.05) is 0 Å². The summed E-state index contributed by atoms with van der Waals surface area (Å²) in [6.07, 6.45) is 1.88. The van der Waals surface area contributed by atoms with Crippen molar-refractivity contribution in [2.45, 2.75) is 12.8 Å². The van der Waals surface area contributed by atoms with Crippen LogP contribution < -0.4 is 21.3 Å². The van der Waals surface area contributed by atoms with Crippen LogP contribution in [0.15, 0.2) is 48.5 Å². The molecule has 0 spiro atoms. The molecule has 0 aromatic heterocycles. The summed E-state index contributed by atoms with van der Waals surface area (Å²) in [5, 5.41) is 11.3. The summed E-state index contributed by atoms with van der Waals surface area (Å²) >= 11 is 5.97. The summed E-state index contributed by atoms with van der Waals surface area (Å²) in [6.45, 7) is 0.534. The zero-order chi connectivity index (χ0) is 19.9. The van der Waals surface area contributed by atoms with Gasteiger partial charge in [-0.2, -0.15) is 0 Å². The van der Waals surface area contributed by atoms with E-state index in [-0.39, 0.29) is 30.8 Å². The average molecular weight is 401 g/mol. The Balaban J connectivity index is 1.37. The maximum atomic E-state index is 12.1. The molecule has 4 N–H and O–H groups in total. The number of halogens is 1. The topological polar surface area (TPSA) is 99.3 Å². The van der Waals surface area contributed by atoms with Crippen LogP contribution in [0.5, 0.6) is 0 Å². The van der Waals surface area contributed by atoms with Crippen molar-refractivity contribution in [3.63, 3.8) is 0 Å². The van der Waals surface area contributed by atoms with Gasteiger partial charge in [0.15, 0.2) is 0 Å². The number of amides is 4. The molecule has 146 valence electrons. The van der Waals surface area contributed by atoms with Gasteiger partial charge in [0.05, 0.1) is 10.7 Å². The number of urea groups is 1. The van der Waals surface area contributed by atoms with Crippen LogP contribution in [0.1, 0.15) is 23.2 Å². The number of nitrogens with one attached hydrogen (secondary N) is 4. The molecule has 0 radical (unpaired) electrons. The molecule has 0 saturated heterocycles. The van der Waals surface area contributed by atoms with Crippen LogP contribution in [-0.2, 0) is 4.79 Å². The molecular weight excluding hydrogens is 380 g/mol. The highest BCUT2D eigenvalue weighted by Gasteiger charge is 2.29. The average Bonchev–Trinajstić information content (AvgIpc) is 3.53. The Hall–Kier alpha value is -3.06. The lowest BCUT2D eigenvalue weighted by Crippen LogP contribution is -2.36. The van der Waals surface area contributed by atoms with E-state index in [2.05, 4.69) is 21.3 Å². The predicted octanol–water partition coefficient (Wildman–Crippen LogP) is 3.24. The number of para-hydroxylation sites is 1. The monoisotopic (exact) mass is 400 g/mol. The first-order valence-electron chi connectivity index (χ1n) is 9.01. The van der Waals surface area contributed by atoms with Crippen molar-refractivity contribution in [3.05, 3.63) is 59.1 Å². The van der Waals surface area contributed by atoms with Gasteiger partial charge < -0.3 is 21.3 Å². The van der Waals surface area contributed by atoms with Gasteiger partial charge in [0.2, 0.25) is 5.91 Å². The van der Waals surface area contributed by atoms with Gasteiger partial charge in [-0.3, -0.25) is 9.59 Å². The molecule has 7 nitrogen and oxygen atoms in total. The minimum Gasteiger partial charge on any atom is -0.350 e. The van der Waals surface area contributed by atoms with Crippen molar-refractivity contribution in [2.75, 3.05) is 23.7 Å². The van der Waals surface area contributed by atoms with Gasteiger partial charge in [-0.1, -0.05) is 23.7 Å². The van der Waals surface area contributed by atoms with Crippen LogP contribution in [0.2, 0.25) is 5.02 Å². The number of rotatable bonds is 7. The molecule has 2 aromatic rings. The van der Waals surface area contributed by atoms with Crippen LogP contribution in [0.4, 0.5) is 16.2 Å². The number of carbonyl (C=O) groups excluding carboxylic acids is 3. The van der Waals surface area contributed by atoms with Crippen molar-refractivity contribution in [2.24, 2.45) is 5.92 Å². The molecule has 0 aliphatic heterocycles. The van der Waals surface area contributed by atoms with E-state index in [0.29, 0.717) is 22.0 Å². The first-order chi connectivity index (χ1) is 13.5. The zero-order valence-corrected chi connectivity index (χ0v) is 15.9. The highest BCUT2D eigenvalue weighted by molar-refractivity contribution is 6.33. The maximum Gasteiger partial charge on any atom is 0.319 e. The minimum atomic E-state index is -0.405. The van der Waals surface area contributed by atoms with Crippen molar-refractivity contribution in [1.82, 2.24) is 10.6 Å². The van der Waals surface area contributed by atoms with Gasteiger partial charge in [0, 0.05) is 30.3 Å². The largest absolute Gasteiger partial charge is 0.350 e. The first kappa shape index (κ1) is 19.7. The summed E-state index contributed by atoms with van der Waals surface area (Å²) in [4.78, 5) is 35.7.